The Kier molecular flexibility index (Phi) is 16.1. The molecule has 8 nitrogen and oxygen atoms in total. The van der Waals surface area contributed by atoms with E-state index in [-0.39, 0.29) is 38.4 Å². The van der Waals surface area contributed by atoms with Gasteiger partial charge in [-0.3, -0.25) is 9.59 Å². The van der Waals surface area contributed by atoms with Gasteiger partial charge in [0.05, 0.1) is 26.4 Å². The van der Waals surface area contributed by atoms with Crippen LogP contribution in [0.15, 0.2) is 66.8 Å². The number of halogens is 1. The number of rotatable bonds is 22. The average Bonchev–Trinajstić information content (AvgIpc) is 3.03. The summed E-state index contributed by atoms with van der Waals surface area (Å²) in [6.07, 6.45) is 2.66. The number of esters is 2. The highest BCUT2D eigenvalue weighted by atomic mass is 35.5. The molecule has 2 unspecified atom stereocenters. The normalized spacial score (nSPS) is 12.4. The van der Waals surface area contributed by atoms with E-state index in [1.54, 1.807) is 6.07 Å². The third-order valence-corrected chi connectivity index (χ3v) is 7.32. The van der Waals surface area contributed by atoms with E-state index in [0.29, 0.717) is 42.6 Å². The third-order valence-electron chi connectivity index (χ3n) is 7.08. The second-order valence-corrected chi connectivity index (χ2v) is 12.3. The summed E-state index contributed by atoms with van der Waals surface area (Å²) in [7, 11) is 0. The maximum Gasteiger partial charge on any atom is 0.306 e. The van der Waals surface area contributed by atoms with E-state index in [4.69, 9.17) is 40.0 Å². The summed E-state index contributed by atoms with van der Waals surface area (Å²) in [5.41, 5.74) is 1.73. The largest absolute Gasteiger partial charge is 0.488 e. The van der Waals surface area contributed by atoms with Crippen molar-refractivity contribution in [3.05, 3.63) is 71.8 Å². The van der Waals surface area contributed by atoms with Crippen molar-refractivity contribution in [2.45, 2.75) is 78.4 Å². The molecule has 3 aromatic carbocycles. The topological polar surface area (TPSA) is 89.5 Å². The van der Waals surface area contributed by atoms with Gasteiger partial charge < -0.3 is 28.4 Å². The predicted octanol–water partition coefficient (Wildman–Crippen LogP) is 8.79. The van der Waals surface area contributed by atoms with E-state index in [1.165, 1.54) is 0 Å². The minimum Gasteiger partial charge on any atom is -0.488 e. The fourth-order valence-corrected chi connectivity index (χ4v) is 5.00. The number of benzene rings is 3. The van der Waals surface area contributed by atoms with Crippen LogP contribution in [0.1, 0.15) is 66.2 Å². The Balaban J connectivity index is 1.94. The summed E-state index contributed by atoms with van der Waals surface area (Å²) in [4.78, 5) is 25.1. The van der Waals surface area contributed by atoms with Crippen LogP contribution in [0.4, 0.5) is 0 Å². The lowest BCUT2D eigenvalue weighted by molar-refractivity contribution is -0.154. The van der Waals surface area contributed by atoms with Crippen LogP contribution in [0.3, 0.4) is 0 Å². The van der Waals surface area contributed by atoms with Gasteiger partial charge in [-0.2, -0.15) is 0 Å². The van der Waals surface area contributed by atoms with Gasteiger partial charge in [0.1, 0.15) is 24.7 Å². The Bertz CT molecular complexity index is 1500. The first-order chi connectivity index (χ1) is 22.6. The number of ether oxygens (including phenoxy) is 6. The van der Waals surface area contributed by atoms with Gasteiger partial charge in [-0.1, -0.05) is 86.9 Å². The molecular weight excluding hydrogens is 620 g/mol. The van der Waals surface area contributed by atoms with Crippen LogP contribution in [0.2, 0.25) is 5.02 Å². The SMILES string of the molecule is C=C(C)COCC(COc1c2ccccc2c(OCC(COCC(=C)C)OC(=O)CCCC)c2cc(Cl)ccc12)OC(=O)CCCC. The van der Waals surface area contributed by atoms with Crippen LogP contribution in [-0.2, 0) is 28.5 Å². The molecule has 0 saturated carbocycles. The minimum absolute atomic E-state index is 0.0652. The number of carbonyl (C=O) groups is 2. The zero-order valence-electron chi connectivity index (χ0n) is 28.2. The Hall–Kier alpha value is -3.59. The number of carbonyl (C=O) groups excluding carboxylic acids is 2. The lowest BCUT2D eigenvalue weighted by Crippen LogP contribution is -2.30. The van der Waals surface area contributed by atoms with Crippen LogP contribution in [0.25, 0.3) is 21.5 Å². The molecule has 3 rings (SSSR count). The highest BCUT2D eigenvalue weighted by Gasteiger charge is 2.22. The average molecular weight is 669 g/mol. The maximum absolute atomic E-state index is 12.5. The van der Waals surface area contributed by atoms with Crippen molar-refractivity contribution < 1.29 is 38.0 Å². The van der Waals surface area contributed by atoms with E-state index < -0.39 is 12.2 Å². The Labute approximate surface area is 283 Å². The fraction of sp³-hybridized carbons (Fsp3) is 0.474. The first-order valence-electron chi connectivity index (χ1n) is 16.4. The van der Waals surface area contributed by atoms with Crippen molar-refractivity contribution in [3.8, 4) is 11.5 Å². The Morgan fingerprint density at radius 3 is 1.57 bits per heavy atom. The standard InChI is InChI=1S/C38H49ClO8/c1-7-9-15-35(40)46-29(22-42-20-26(3)4)24-44-37-31-13-11-12-14-32(31)38(34-19-28(39)17-18-33(34)37)45-25-30(23-43-21-27(5)6)47-36(41)16-10-8-2/h11-14,17-19,29-30H,3,5,7-10,15-16,20-25H2,1-2,4,6H3. The van der Waals surface area contributed by atoms with Crippen molar-refractivity contribution in [2.24, 2.45) is 0 Å². The minimum atomic E-state index is -0.634. The van der Waals surface area contributed by atoms with Gasteiger partial charge in [0.25, 0.3) is 0 Å². The first kappa shape index (κ1) is 37.9. The molecule has 0 spiro atoms. The first-order valence-corrected chi connectivity index (χ1v) is 16.7. The molecule has 47 heavy (non-hydrogen) atoms. The summed E-state index contributed by atoms with van der Waals surface area (Å²) < 4.78 is 36.0. The summed E-state index contributed by atoms with van der Waals surface area (Å²) in [5, 5.41) is 3.58. The summed E-state index contributed by atoms with van der Waals surface area (Å²) >= 11 is 6.51. The van der Waals surface area contributed by atoms with Crippen molar-refractivity contribution in [1.29, 1.82) is 0 Å². The molecule has 0 radical (unpaired) electrons. The molecule has 0 aliphatic heterocycles. The second-order valence-electron chi connectivity index (χ2n) is 11.9. The van der Waals surface area contributed by atoms with Gasteiger partial charge in [-0.25, -0.2) is 0 Å². The summed E-state index contributed by atoms with van der Waals surface area (Å²) in [6.45, 7) is 16.7. The van der Waals surface area contributed by atoms with E-state index in [1.807, 2.05) is 64.1 Å². The zero-order chi connectivity index (χ0) is 34.2. The van der Waals surface area contributed by atoms with E-state index in [2.05, 4.69) is 13.2 Å². The monoisotopic (exact) mass is 668 g/mol. The summed E-state index contributed by atoms with van der Waals surface area (Å²) in [6, 6.07) is 13.2. The number of unbranched alkanes of at least 4 members (excludes halogenated alkanes) is 2. The van der Waals surface area contributed by atoms with E-state index in [9.17, 15) is 9.59 Å². The molecule has 0 N–H and O–H groups in total. The van der Waals surface area contributed by atoms with E-state index >= 15 is 0 Å². The number of hydrogen-bond donors (Lipinski definition) is 0. The van der Waals surface area contributed by atoms with Crippen molar-refractivity contribution in [2.75, 3.05) is 39.6 Å². The fourth-order valence-electron chi connectivity index (χ4n) is 4.83. The molecular formula is C38H49ClO8. The van der Waals surface area contributed by atoms with Gasteiger partial charge >= 0.3 is 11.9 Å². The Morgan fingerprint density at radius 1 is 0.681 bits per heavy atom. The van der Waals surface area contributed by atoms with Gasteiger partial charge in [0, 0.05) is 39.4 Å². The molecule has 256 valence electrons. The lowest BCUT2D eigenvalue weighted by Gasteiger charge is -2.23. The second kappa shape index (κ2) is 19.9. The highest BCUT2D eigenvalue weighted by molar-refractivity contribution is 6.31. The number of fused-ring (bicyclic) bond motifs is 2. The van der Waals surface area contributed by atoms with Gasteiger partial charge in [-0.05, 0) is 44.9 Å². The molecule has 0 aliphatic rings. The lowest BCUT2D eigenvalue weighted by atomic mass is 10.0. The summed E-state index contributed by atoms with van der Waals surface area (Å²) in [5.74, 6) is 0.591. The Morgan fingerprint density at radius 2 is 1.13 bits per heavy atom. The molecule has 0 bridgehead atoms. The molecule has 2 atom stereocenters. The maximum atomic E-state index is 12.5. The highest BCUT2D eigenvalue weighted by Crippen LogP contribution is 2.43. The molecule has 9 heteroatoms. The van der Waals surface area contributed by atoms with Crippen molar-refractivity contribution >= 4 is 45.1 Å². The van der Waals surface area contributed by atoms with Crippen LogP contribution in [-0.4, -0.2) is 63.8 Å². The van der Waals surface area contributed by atoms with Crippen LogP contribution < -0.4 is 9.47 Å². The molecule has 0 amide bonds. The smallest absolute Gasteiger partial charge is 0.306 e. The predicted molar refractivity (Wildman–Crippen MR) is 188 cm³/mol. The van der Waals surface area contributed by atoms with Crippen LogP contribution in [0.5, 0.6) is 11.5 Å². The molecule has 0 aromatic heterocycles. The third kappa shape index (κ3) is 12.5. The van der Waals surface area contributed by atoms with Crippen molar-refractivity contribution in [1.82, 2.24) is 0 Å². The number of hydrogen-bond acceptors (Lipinski definition) is 8. The molecule has 0 heterocycles. The van der Waals surface area contributed by atoms with Gasteiger partial charge in [-0.15, -0.1) is 0 Å². The molecule has 3 aromatic rings. The van der Waals surface area contributed by atoms with Crippen LogP contribution in [0, 0.1) is 0 Å². The molecule has 0 aliphatic carbocycles. The molecule has 0 fully saturated rings. The van der Waals surface area contributed by atoms with E-state index in [0.717, 1.165) is 58.4 Å². The molecule has 0 saturated heterocycles. The van der Waals surface area contributed by atoms with Gasteiger partial charge in [0.15, 0.2) is 12.2 Å². The zero-order valence-corrected chi connectivity index (χ0v) is 29.0. The van der Waals surface area contributed by atoms with Crippen molar-refractivity contribution in [3.63, 3.8) is 0 Å². The van der Waals surface area contributed by atoms with Crippen LogP contribution >= 0.6 is 11.6 Å². The van der Waals surface area contributed by atoms with Gasteiger partial charge in [0.2, 0.25) is 0 Å². The quantitative estimate of drug-likeness (QED) is 0.0596.